The molecule has 2 aliphatic rings. The topological polar surface area (TPSA) is 30.5 Å². The fourth-order valence-electron chi connectivity index (χ4n) is 1.52. The van der Waals surface area contributed by atoms with Gasteiger partial charge in [0.1, 0.15) is 0 Å². The minimum atomic E-state index is 0.370. The van der Waals surface area contributed by atoms with Crippen LogP contribution < -0.4 is 5.32 Å². The van der Waals surface area contributed by atoms with E-state index in [2.05, 4.69) is 5.32 Å². The lowest BCUT2D eigenvalue weighted by Crippen LogP contribution is -2.26. The van der Waals surface area contributed by atoms with Crippen LogP contribution in [0.3, 0.4) is 0 Å². The van der Waals surface area contributed by atoms with E-state index < -0.39 is 0 Å². The van der Waals surface area contributed by atoms with E-state index in [1.807, 2.05) is 0 Å². The molecular formula is C7H13NO2. The lowest BCUT2D eigenvalue weighted by atomic mass is 10.1. The minimum absolute atomic E-state index is 0.370. The summed E-state index contributed by atoms with van der Waals surface area (Å²) in [6.07, 6.45) is 0.370. The standard InChI is InChI=1S/C7H13NO2/c1-2-10-7-5-9-4-6(7)3-8-1/h6-8H,1-5H2/t6-,7+/m1/s1. The van der Waals surface area contributed by atoms with Crippen LogP contribution in [-0.4, -0.2) is 39.0 Å². The Balaban J connectivity index is 1.95. The van der Waals surface area contributed by atoms with Gasteiger partial charge < -0.3 is 14.8 Å². The molecule has 58 valence electrons. The molecule has 2 atom stereocenters. The van der Waals surface area contributed by atoms with Crippen LogP contribution >= 0.6 is 0 Å². The Labute approximate surface area is 60.7 Å². The van der Waals surface area contributed by atoms with Gasteiger partial charge in [-0.3, -0.25) is 0 Å². The number of hydrogen-bond donors (Lipinski definition) is 1. The molecule has 0 aromatic rings. The Bertz CT molecular complexity index is 106. The van der Waals surface area contributed by atoms with Gasteiger partial charge in [-0.2, -0.15) is 0 Å². The van der Waals surface area contributed by atoms with Crippen molar-refractivity contribution in [2.45, 2.75) is 6.10 Å². The molecule has 10 heavy (non-hydrogen) atoms. The van der Waals surface area contributed by atoms with E-state index in [9.17, 15) is 0 Å². The Morgan fingerprint density at radius 3 is 3.30 bits per heavy atom. The number of ether oxygens (including phenoxy) is 2. The first-order chi connectivity index (χ1) is 4.97. The molecule has 2 heterocycles. The van der Waals surface area contributed by atoms with Gasteiger partial charge in [0.25, 0.3) is 0 Å². The molecule has 2 rings (SSSR count). The van der Waals surface area contributed by atoms with E-state index in [1.165, 1.54) is 0 Å². The quantitative estimate of drug-likeness (QED) is 0.501. The van der Waals surface area contributed by atoms with Gasteiger partial charge in [-0.25, -0.2) is 0 Å². The second-order valence-electron chi connectivity index (χ2n) is 2.91. The highest BCUT2D eigenvalue weighted by Gasteiger charge is 2.29. The lowest BCUT2D eigenvalue weighted by molar-refractivity contribution is 0.0410. The van der Waals surface area contributed by atoms with Crippen molar-refractivity contribution in [3.05, 3.63) is 0 Å². The van der Waals surface area contributed by atoms with Crippen molar-refractivity contribution in [2.75, 3.05) is 32.9 Å². The summed E-state index contributed by atoms with van der Waals surface area (Å²) in [5.41, 5.74) is 0. The van der Waals surface area contributed by atoms with Crippen molar-refractivity contribution in [3.63, 3.8) is 0 Å². The molecule has 2 saturated heterocycles. The van der Waals surface area contributed by atoms with E-state index in [0.717, 1.165) is 32.9 Å². The third kappa shape index (κ3) is 1.17. The first-order valence-electron chi connectivity index (χ1n) is 3.87. The number of rotatable bonds is 0. The molecule has 0 aromatic carbocycles. The summed E-state index contributed by atoms with van der Waals surface area (Å²) in [7, 11) is 0. The van der Waals surface area contributed by atoms with Gasteiger partial charge in [-0.05, 0) is 0 Å². The van der Waals surface area contributed by atoms with Crippen molar-refractivity contribution in [2.24, 2.45) is 5.92 Å². The second kappa shape index (κ2) is 2.86. The summed E-state index contributed by atoms with van der Waals surface area (Å²) in [5.74, 6) is 0.600. The summed E-state index contributed by atoms with van der Waals surface area (Å²) in [5, 5.41) is 3.31. The highest BCUT2D eigenvalue weighted by Crippen LogP contribution is 2.17. The third-order valence-corrected chi connectivity index (χ3v) is 2.16. The molecule has 0 unspecified atom stereocenters. The predicted molar refractivity (Wildman–Crippen MR) is 36.9 cm³/mol. The zero-order valence-electron chi connectivity index (χ0n) is 6.01. The maximum absolute atomic E-state index is 5.54. The van der Waals surface area contributed by atoms with Crippen LogP contribution in [0.2, 0.25) is 0 Å². The third-order valence-electron chi connectivity index (χ3n) is 2.16. The molecule has 3 nitrogen and oxygen atoms in total. The van der Waals surface area contributed by atoms with E-state index in [4.69, 9.17) is 9.47 Å². The van der Waals surface area contributed by atoms with Gasteiger partial charge in [-0.1, -0.05) is 0 Å². The Kier molecular flexibility index (Phi) is 1.88. The van der Waals surface area contributed by atoms with E-state index in [1.54, 1.807) is 0 Å². The summed E-state index contributed by atoms with van der Waals surface area (Å²) in [6.45, 7) is 4.56. The highest BCUT2D eigenvalue weighted by molar-refractivity contribution is 4.79. The summed E-state index contributed by atoms with van der Waals surface area (Å²) >= 11 is 0. The van der Waals surface area contributed by atoms with Crippen molar-refractivity contribution < 1.29 is 9.47 Å². The normalized spacial score (nSPS) is 40.8. The van der Waals surface area contributed by atoms with E-state index in [0.29, 0.717) is 12.0 Å². The molecule has 3 heteroatoms. The Hall–Kier alpha value is -0.120. The minimum Gasteiger partial charge on any atom is -0.378 e. The maximum atomic E-state index is 5.54. The van der Waals surface area contributed by atoms with Gasteiger partial charge in [-0.15, -0.1) is 0 Å². The van der Waals surface area contributed by atoms with E-state index in [-0.39, 0.29) is 0 Å². The molecule has 2 aliphatic heterocycles. The fourth-order valence-corrected chi connectivity index (χ4v) is 1.52. The van der Waals surface area contributed by atoms with Gasteiger partial charge in [0.2, 0.25) is 0 Å². The smallest absolute Gasteiger partial charge is 0.0871 e. The summed E-state index contributed by atoms with van der Waals surface area (Å²) in [4.78, 5) is 0. The molecule has 0 radical (unpaired) electrons. The Morgan fingerprint density at radius 2 is 2.30 bits per heavy atom. The molecule has 0 aliphatic carbocycles. The van der Waals surface area contributed by atoms with Crippen molar-refractivity contribution in [3.8, 4) is 0 Å². The van der Waals surface area contributed by atoms with Gasteiger partial charge in [0.05, 0.1) is 25.9 Å². The van der Waals surface area contributed by atoms with Gasteiger partial charge >= 0.3 is 0 Å². The average molecular weight is 143 g/mol. The molecule has 0 bridgehead atoms. The number of hydrogen-bond acceptors (Lipinski definition) is 3. The zero-order chi connectivity index (χ0) is 6.81. The summed E-state index contributed by atoms with van der Waals surface area (Å²) in [6, 6.07) is 0. The van der Waals surface area contributed by atoms with Crippen LogP contribution in [0, 0.1) is 5.92 Å². The number of fused-ring (bicyclic) bond motifs is 1. The molecule has 2 fully saturated rings. The Morgan fingerprint density at radius 1 is 1.30 bits per heavy atom. The predicted octanol–water partition coefficient (Wildman–Crippen LogP) is -0.379. The molecule has 0 saturated carbocycles. The first-order valence-corrected chi connectivity index (χ1v) is 3.87. The molecular weight excluding hydrogens is 130 g/mol. The molecule has 0 amide bonds. The van der Waals surface area contributed by atoms with Crippen LogP contribution in [0.4, 0.5) is 0 Å². The van der Waals surface area contributed by atoms with Crippen molar-refractivity contribution >= 4 is 0 Å². The lowest BCUT2D eigenvalue weighted by Gasteiger charge is -2.11. The highest BCUT2D eigenvalue weighted by atomic mass is 16.5. The van der Waals surface area contributed by atoms with Crippen molar-refractivity contribution in [1.82, 2.24) is 5.32 Å². The molecule has 1 N–H and O–H groups in total. The van der Waals surface area contributed by atoms with Crippen LogP contribution in [0.15, 0.2) is 0 Å². The second-order valence-corrected chi connectivity index (χ2v) is 2.91. The van der Waals surface area contributed by atoms with Crippen LogP contribution in [0.1, 0.15) is 0 Å². The average Bonchev–Trinajstić information content (AvgIpc) is 2.28. The SMILES string of the molecule is C1CO[C@H]2COC[C@H]2CN1. The van der Waals surface area contributed by atoms with Crippen molar-refractivity contribution in [1.29, 1.82) is 0 Å². The largest absolute Gasteiger partial charge is 0.378 e. The van der Waals surface area contributed by atoms with Crippen LogP contribution in [0.25, 0.3) is 0 Å². The van der Waals surface area contributed by atoms with Crippen LogP contribution in [-0.2, 0) is 9.47 Å². The van der Waals surface area contributed by atoms with E-state index >= 15 is 0 Å². The van der Waals surface area contributed by atoms with Gasteiger partial charge in [0, 0.05) is 19.0 Å². The monoisotopic (exact) mass is 143 g/mol. The zero-order valence-corrected chi connectivity index (χ0v) is 6.01. The fraction of sp³-hybridized carbons (Fsp3) is 1.00. The maximum Gasteiger partial charge on any atom is 0.0871 e. The molecule has 0 aromatic heterocycles. The number of nitrogens with one attached hydrogen (secondary N) is 1. The summed E-state index contributed by atoms with van der Waals surface area (Å²) < 4.78 is 10.8. The van der Waals surface area contributed by atoms with Crippen LogP contribution in [0.5, 0.6) is 0 Å². The molecule has 0 spiro atoms. The first kappa shape index (κ1) is 6.58. The van der Waals surface area contributed by atoms with Gasteiger partial charge in [0.15, 0.2) is 0 Å².